The van der Waals surface area contributed by atoms with Crippen LogP contribution in [0.25, 0.3) is 0 Å². The van der Waals surface area contributed by atoms with E-state index < -0.39 is 17.3 Å². The van der Waals surface area contributed by atoms with Crippen LogP contribution in [-0.2, 0) is 9.59 Å². The van der Waals surface area contributed by atoms with Crippen LogP contribution in [0.1, 0.15) is 13.8 Å². The van der Waals surface area contributed by atoms with Gasteiger partial charge in [-0.25, -0.2) is 0 Å². The first-order valence-corrected chi connectivity index (χ1v) is 5.46. The number of amides is 1. The van der Waals surface area contributed by atoms with Crippen LogP contribution in [0.4, 0.5) is 0 Å². The normalized spacial score (nSPS) is 26.2. The van der Waals surface area contributed by atoms with E-state index in [2.05, 4.69) is 5.32 Å². The average Bonchev–Trinajstić information content (AvgIpc) is 2.76. The number of carboxylic acid groups (broad SMARTS) is 1. The third kappa shape index (κ3) is 2.19. The fourth-order valence-corrected chi connectivity index (χ4v) is 2.19. The van der Waals surface area contributed by atoms with E-state index in [0.717, 1.165) is 0 Å². The summed E-state index contributed by atoms with van der Waals surface area (Å²) in [6.45, 7) is 4.99. The fourth-order valence-electron chi connectivity index (χ4n) is 2.19. The second-order valence-corrected chi connectivity index (χ2v) is 4.98. The lowest BCUT2D eigenvalue weighted by molar-refractivity contribution is -0.141. The Morgan fingerprint density at radius 1 is 1.38 bits per heavy atom. The molecule has 16 heavy (non-hydrogen) atoms. The van der Waals surface area contributed by atoms with E-state index in [4.69, 9.17) is 5.11 Å². The van der Waals surface area contributed by atoms with Crippen molar-refractivity contribution in [2.24, 2.45) is 17.3 Å². The number of hydrogen-bond donors (Lipinski definition) is 2. The summed E-state index contributed by atoms with van der Waals surface area (Å²) >= 11 is 0. The molecular formula is C11H20N2O3. The van der Waals surface area contributed by atoms with Gasteiger partial charge in [-0.15, -0.1) is 0 Å². The van der Waals surface area contributed by atoms with Gasteiger partial charge in [0.1, 0.15) is 0 Å². The minimum Gasteiger partial charge on any atom is -0.481 e. The first-order chi connectivity index (χ1) is 7.34. The van der Waals surface area contributed by atoms with Crippen molar-refractivity contribution in [1.29, 1.82) is 0 Å². The number of nitrogens with zero attached hydrogens (tertiary/aromatic N) is 1. The molecule has 1 saturated carbocycles. The summed E-state index contributed by atoms with van der Waals surface area (Å²) in [6.07, 6.45) is 0. The molecule has 0 aromatic rings. The molecule has 1 aliphatic carbocycles. The molecule has 0 saturated heterocycles. The van der Waals surface area contributed by atoms with E-state index in [0.29, 0.717) is 13.1 Å². The van der Waals surface area contributed by atoms with Gasteiger partial charge < -0.3 is 15.3 Å². The van der Waals surface area contributed by atoms with Crippen molar-refractivity contribution in [3.8, 4) is 0 Å². The third-order valence-corrected chi connectivity index (χ3v) is 3.43. The zero-order valence-electron chi connectivity index (χ0n) is 10.3. The van der Waals surface area contributed by atoms with Crippen molar-refractivity contribution < 1.29 is 14.7 Å². The fraction of sp³-hybridized carbons (Fsp3) is 0.818. The van der Waals surface area contributed by atoms with Crippen LogP contribution >= 0.6 is 0 Å². The van der Waals surface area contributed by atoms with Gasteiger partial charge in [0, 0.05) is 20.1 Å². The highest BCUT2D eigenvalue weighted by molar-refractivity contribution is 5.91. The molecule has 92 valence electrons. The van der Waals surface area contributed by atoms with Gasteiger partial charge in [-0.2, -0.15) is 0 Å². The molecule has 0 unspecified atom stereocenters. The summed E-state index contributed by atoms with van der Waals surface area (Å²) in [6, 6.07) is 0. The summed E-state index contributed by atoms with van der Waals surface area (Å²) in [4.78, 5) is 24.5. The van der Waals surface area contributed by atoms with Crippen LogP contribution in [0.2, 0.25) is 0 Å². The van der Waals surface area contributed by atoms with Gasteiger partial charge in [-0.1, -0.05) is 13.8 Å². The minimum absolute atomic E-state index is 0.0624. The highest BCUT2D eigenvalue weighted by atomic mass is 16.4. The Balaban J connectivity index is 2.60. The lowest BCUT2D eigenvalue weighted by Crippen LogP contribution is -2.35. The molecule has 1 aliphatic rings. The number of nitrogens with one attached hydrogen (secondary N) is 1. The van der Waals surface area contributed by atoms with Gasteiger partial charge in [0.15, 0.2) is 0 Å². The van der Waals surface area contributed by atoms with Gasteiger partial charge in [-0.05, 0) is 12.5 Å². The Labute approximate surface area is 95.8 Å². The maximum atomic E-state index is 12.0. The van der Waals surface area contributed by atoms with Crippen LogP contribution in [0, 0.1) is 17.3 Å². The van der Waals surface area contributed by atoms with Crippen LogP contribution in [0.5, 0.6) is 0 Å². The molecule has 0 aromatic heterocycles. The Morgan fingerprint density at radius 3 is 2.31 bits per heavy atom. The maximum Gasteiger partial charge on any atom is 0.307 e. The molecule has 2 atom stereocenters. The van der Waals surface area contributed by atoms with Gasteiger partial charge in [0.25, 0.3) is 0 Å². The molecule has 1 amide bonds. The largest absolute Gasteiger partial charge is 0.481 e. The van der Waals surface area contributed by atoms with Crippen molar-refractivity contribution in [3.63, 3.8) is 0 Å². The average molecular weight is 228 g/mol. The molecule has 0 aromatic carbocycles. The van der Waals surface area contributed by atoms with Crippen LogP contribution in [0.15, 0.2) is 0 Å². The Kier molecular flexibility index (Phi) is 3.57. The number of carbonyl (C=O) groups excluding carboxylic acids is 1. The van der Waals surface area contributed by atoms with Gasteiger partial charge in [0.2, 0.25) is 5.91 Å². The molecule has 2 N–H and O–H groups in total. The molecule has 0 spiro atoms. The molecule has 0 heterocycles. The molecule has 1 fully saturated rings. The monoisotopic (exact) mass is 228 g/mol. The number of carbonyl (C=O) groups is 2. The van der Waals surface area contributed by atoms with E-state index in [1.165, 1.54) is 0 Å². The summed E-state index contributed by atoms with van der Waals surface area (Å²) in [5, 5.41) is 11.9. The first-order valence-electron chi connectivity index (χ1n) is 5.46. The van der Waals surface area contributed by atoms with E-state index in [-0.39, 0.29) is 11.8 Å². The molecule has 0 radical (unpaired) electrons. The van der Waals surface area contributed by atoms with E-state index in [9.17, 15) is 9.59 Å². The Hall–Kier alpha value is -1.10. The molecule has 5 heteroatoms. The second-order valence-electron chi connectivity index (χ2n) is 4.98. The number of hydrogen-bond acceptors (Lipinski definition) is 3. The zero-order chi connectivity index (χ0) is 12.5. The summed E-state index contributed by atoms with van der Waals surface area (Å²) < 4.78 is 0. The second kappa shape index (κ2) is 4.41. The predicted molar refractivity (Wildman–Crippen MR) is 60.0 cm³/mol. The van der Waals surface area contributed by atoms with Gasteiger partial charge in [-0.3, -0.25) is 9.59 Å². The molecule has 1 rings (SSSR count). The SMILES string of the molecule is CNCCN(C)C(=O)[C@H]1[C@@H](C(=O)O)C1(C)C. The molecule has 5 nitrogen and oxygen atoms in total. The van der Waals surface area contributed by atoms with Crippen LogP contribution in [0.3, 0.4) is 0 Å². The van der Waals surface area contributed by atoms with Crippen LogP contribution in [-0.4, -0.2) is 49.1 Å². The molecular weight excluding hydrogens is 208 g/mol. The maximum absolute atomic E-state index is 12.0. The third-order valence-electron chi connectivity index (χ3n) is 3.43. The zero-order valence-corrected chi connectivity index (χ0v) is 10.3. The lowest BCUT2D eigenvalue weighted by Gasteiger charge is -2.17. The highest BCUT2D eigenvalue weighted by Crippen LogP contribution is 2.58. The molecule has 0 aliphatic heterocycles. The number of rotatable bonds is 5. The smallest absolute Gasteiger partial charge is 0.307 e. The lowest BCUT2D eigenvalue weighted by atomic mass is 10.1. The van der Waals surface area contributed by atoms with Crippen molar-refractivity contribution >= 4 is 11.9 Å². The minimum atomic E-state index is -0.870. The van der Waals surface area contributed by atoms with Crippen molar-refractivity contribution in [1.82, 2.24) is 10.2 Å². The Morgan fingerprint density at radius 2 is 1.94 bits per heavy atom. The predicted octanol–water partition coefficient (Wildman–Crippen LogP) is 0.0210. The standard InChI is InChI=1S/C11H20N2O3/c1-11(2)7(8(11)10(15)16)9(14)13(4)6-5-12-3/h7-8,12H,5-6H2,1-4H3,(H,15,16)/t7-,8+/m1/s1. The van der Waals surface area contributed by atoms with Crippen LogP contribution < -0.4 is 5.32 Å². The Bertz CT molecular complexity index is 302. The summed E-state index contributed by atoms with van der Waals surface area (Å²) in [5.41, 5.74) is -0.406. The topological polar surface area (TPSA) is 69.6 Å². The van der Waals surface area contributed by atoms with E-state index in [1.807, 2.05) is 20.9 Å². The first kappa shape index (κ1) is 13.0. The number of likely N-dealkylation sites (N-methyl/N-ethyl adjacent to an activating group) is 2. The summed E-state index contributed by atoms with van der Waals surface area (Å²) in [7, 11) is 3.53. The van der Waals surface area contributed by atoms with E-state index >= 15 is 0 Å². The van der Waals surface area contributed by atoms with Crippen molar-refractivity contribution in [3.05, 3.63) is 0 Å². The highest BCUT2D eigenvalue weighted by Gasteiger charge is 2.66. The summed E-state index contributed by atoms with van der Waals surface area (Å²) in [5.74, 6) is -1.83. The number of carboxylic acids is 1. The van der Waals surface area contributed by atoms with E-state index in [1.54, 1.807) is 11.9 Å². The van der Waals surface area contributed by atoms with Crippen molar-refractivity contribution in [2.75, 3.05) is 27.2 Å². The number of aliphatic carboxylic acids is 1. The van der Waals surface area contributed by atoms with Gasteiger partial charge in [0.05, 0.1) is 11.8 Å². The van der Waals surface area contributed by atoms with Crippen molar-refractivity contribution in [2.45, 2.75) is 13.8 Å². The molecule has 0 bridgehead atoms. The van der Waals surface area contributed by atoms with Gasteiger partial charge >= 0.3 is 5.97 Å². The quantitative estimate of drug-likeness (QED) is 0.696.